The van der Waals surface area contributed by atoms with E-state index in [1.165, 1.54) is 5.56 Å². The summed E-state index contributed by atoms with van der Waals surface area (Å²) >= 11 is 0. The quantitative estimate of drug-likeness (QED) is 0.833. The van der Waals surface area contributed by atoms with E-state index in [0.29, 0.717) is 5.82 Å². The molecule has 2 heterocycles. The van der Waals surface area contributed by atoms with E-state index in [4.69, 9.17) is 4.74 Å². The SMILES string of the molecule is Cc1nnn(C(CCN(C)C)C2Cc3ccccc3O2)n1. The van der Waals surface area contributed by atoms with Crippen molar-refractivity contribution in [1.82, 2.24) is 25.1 Å². The maximum atomic E-state index is 6.12. The van der Waals surface area contributed by atoms with Crippen molar-refractivity contribution in [2.45, 2.75) is 31.9 Å². The summed E-state index contributed by atoms with van der Waals surface area (Å²) in [6.45, 7) is 2.82. The van der Waals surface area contributed by atoms with E-state index in [1.54, 1.807) is 4.80 Å². The van der Waals surface area contributed by atoms with Gasteiger partial charge in [0.15, 0.2) is 5.82 Å². The molecule has 6 heteroatoms. The van der Waals surface area contributed by atoms with Crippen LogP contribution in [-0.4, -0.2) is 51.9 Å². The third kappa shape index (κ3) is 3.05. The molecule has 0 N–H and O–H groups in total. The van der Waals surface area contributed by atoms with E-state index in [2.05, 4.69) is 46.5 Å². The number of ether oxygens (including phenoxy) is 1. The molecule has 0 amide bonds. The Labute approximate surface area is 124 Å². The molecule has 0 bridgehead atoms. The lowest BCUT2D eigenvalue weighted by Gasteiger charge is -2.23. The van der Waals surface area contributed by atoms with E-state index in [9.17, 15) is 0 Å². The minimum Gasteiger partial charge on any atom is -0.487 e. The number of aryl methyl sites for hydroxylation is 1. The summed E-state index contributed by atoms with van der Waals surface area (Å²) in [5.41, 5.74) is 1.26. The molecule has 0 saturated carbocycles. The monoisotopic (exact) mass is 287 g/mol. The highest BCUT2D eigenvalue weighted by atomic mass is 16.5. The molecule has 112 valence electrons. The van der Waals surface area contributed by atoms with Gasteiger partial charge in [-0.1, -0.05) is 18.2 Å². The molecule has 21 heavy (non-hydrogen) atoms. The number of hydrogen-bond donors (Lipinski definition) is 0. The van der Waals surface area contributed by atoms with Crippen molar-refractivity contribution in [3.05, 3.63) is 35.7 Å². The summed E-state index contributed by atoms with van der Waals surface area (Å²) in [4.78, 5) is 3.88. The van der Waals surface area contributed by atoms with E-state index in [0.717, 1.165) is 25.1 Å². The molecule has 0 aliphatic carbocycles. The first-order valence-corrected chi connectivity index (χ1v) is 7.29. The van der Waals surface area contributed by atoms with Gasteiger partial charge in [-0.25, -0.2) is 0 Å². The highest BCUT2D eigenvalue weighted by molar-refractivity contribution is 5.37. The first kappa shape index (κ1) is 14.0. The molecule has 6 nitrogen and oxygen atoms in total. The van der Waals surface area contributed by atoms with Gasteiger partial charge in [0.1, 0.15) is 17.9 Å². The third-order valence-corrected chi connectivity index (χ3v) is 3.80. The largest absolute Gasteiger partial charge is 0.487 e. The van der Waals surface area contributed by atoms with E-state index >= 15 is 0 Å². The number of nitrogens with zero attached hydrogens (tertiary/aromatic N) is 5. The Balaban J connectivity index is 1.80. The summed E-state index contributed by atoms with van der Waals surface area (Å²) in [5.74, 6) is 1.68. The van der Waals surface area contributed by atoms with Gasteiger partial charge in [0.05, 0.1) is 0 Å². The van der Waals surface area contributed by atoms with Gasteiger partial charge in [-0.15, -0.1) is 10.2 Å². The van der Waals surface area contributed by atoms with Crippen LogP contribution in [0.15, 0.2) is 24.3 Å². The fourth-order valence-corrected chi connectivity index (χ4v) is 2.70. The Morgan fingerprint density at radius 1 is 1.38 bits per heavy atom. The van der Waals surface area contributed by atoms with Crippen LogP contribution < -0.4 is 4.74 Å². The average Bonchev–Trinajstić information content (AvgIpc) is 3.05. The minimum atomic E-state index is 0.0657. The van der Waals surface area contributed by atoms with Gasteiger partial charge in [0.25, 0.3) is 0 Å². The summed E-state index contributed by atoms with van der Waals surface area (Å²) in [7, 11) is 4.14. The predicted molar refractivity (Wildman–Crippen MR) is 79.3 cm³/mol. The van der Waals surface area contributed by atoms with Crippen molar-refractivity contribution in [1.29, 1.82) is 0 Å². The molecule has 1 aromatic carbocycles. The summed E-state index contributed by atoms with van der Waals surface area (Å²) < 4.78 is 6.12. The van der Waals surface area contributed by atoms with Gasteiger partial charge in [-0.3, -0.25) is 0 Å². The number of rotatable bonds is 5. The Morgan fingerprint density at radius 2 is 2.19 bits per heavy atom. The zero-order valence-electron chi connectivity index (χ0n) is 12.7. The zero-order chi connectivity index (χ0) is 14.8. The smallest absolute Gasteiger partial charge is 0.171 e. The zero-order valence-corrected chi connectivity index (χ0v) is 12.7. The van der Waals surface area contributed by atoms with Crippen LogP contribution in [0.1, 0.15) is 23.9 Å². The van der Waals surface area contributed by atoms with Crippen molar-refractivity contribution in [2.75, 3.05) is 20.6 Å². The van der Waals surface area contributed by atoms with Crippen LogP contribution in [0.5, 0.6) is 5.75 Å². The maximum Gasteiger partial charge on any atom is 0.171 e. The lowest BCUT2D eigenvalue weighted by Crippen LogP contribution is -2.32. The number of benzene rings is 1. The maximum absolute atomic E-state index is 6.12. The number of hydrogen-bond acceptors (Lipinski definition) is 5. The second-order valence-electron chi connectivity index (χ2n) is 5.78. The van der Waals surface area contributed by atoms with Crippen LogP contribution in [0, 0.1) is 6.92 Å². The van der Waals surface area contributed by atoms with Crippen LogP contribution >= 0.6 is 0 Å². The molecule has 0 fully saturated rings. The molecule has 0 radical (unpaired) electrons. The molecular weight excluding hydrogens is 266 g/mol. The average molecular weight is 287 g/mol. The number of aromatic nitrogens is 4. The molecule has 0 saturated heterocycles. The van der Waals surface area contributed by atoms with Gasteiger partial charge in [-0.2, -0.15) is 4.80 Å². The fourth-order valence-electron chi connectivity index (χ4n) is 2.70. The van der Waals surface area contributed by atoms with E-state index in [1.807, 2.05) is 19.1 Å². The lowest BCUT2D eigenvalue weighted by molar-refractivity contribution is 0.129. The normalized spacial score (nSPS) is 18.6. The standard InChI is InChI=1S/C15H21N5O/c1-11-16-18-20(17-11)13(8-9-19(2)3)15-10-12-6-4-5-7-14(12)21-15/h4-7,13,15H,8-10H2,1-3H3. The van der Waals surface area contributed by atoms with Gasteiger partial charge < -0.3 is 9.64 Å². The van der Waals surface area contributed by atoms with Gasteiger partial charge in [-0.05, 0) is 50.8 Å². The van der Waals surface area contributed by atoms with Crippen LogP contribution in [0.3, 0.4) is 0 Å². The van der Waals surface area contributed by atoms with Crippen molar-refractivity contribution in [3.63, 3.8) is 0 Å². The van der Waals surface area contributed by atoms with Gasteiger partial charge in [0.2, 0.25) is 0 Å². The van der Waals surface area contributed by atoms with Crippen LogP contribution in [-0.2, 0) is 6.42 Å². The fraction of sp³-hybridized carbons (Fsp3) is 0.533. The Morgan fingerprint density at radius 3 is 2.86 bits per heavy atom. The van der Waals surface area contributed by atoms with Gasteiger partial charge in [0, 0.05) is 6.42 Å². The predicted octanol–water partition coefficient (Wildman–Crippen LogP) is 1.48. The molecule has 1 aliphatic heterocycles. The Hall–Kier alpha value is -1.95. The highest BCUT2D eigenvalue weighted by Gasteiger charge is 2.32. The first-order valence-electron chi connectivity index (χ1n) is 7.29. The van der Waals surface area contributed by atoms with Crippen molar-refractivity contribution in [3.8, 4) is 5.75 Å². The number of fused-ring (bicyclic) bond motifs is 1. The molecule has 2 atom stereocenters. The second kappa shape index (κ2) is 5.81. The molecule has 2 unspecified atom stereocenters. The van der Waals surface area contributed by atoms with E-state index < -0.39 is 0 Å². The Bertz CT molecular complexity index is 585. The van der Waals surface area contributed by atoms with Crippen LogP contribution in [0.25, 0.3) is 0 Å². The lowest BCUT2D eigenvalue weighted by atomic mass is 10.0. The van der Waals surface area contributed by atoms with Crippen LogP contribution in [0.2, 0.25) is 0 Å². The number of para-hydroxylation sites is 1. The molecule has 1 aromatic heterocycles. The van der Waals surface area contributed by atoms with Crippen molar-refractivity contribution >= 4 is 0 Å². The highest BCUT2D eigenvalue weighted by Crippen LogP contribution is 2.33. The summed E-state index contributed by atoms with van der Waals surface area (Å²) in [6.07, 6.45) is 1.90. The van der Waals surface area contributed by atoms with E-state index in [-0.39, 0.29) is 12.1 Å². The number of tetrazole rings is 1. The van der Waals surface area contributed by atoms with Crippen molar-refractivity contribution < 1.29 is 4.74 Å². The van der Waals surface area contributed by atoms with Gasteiger partial charge >= 0.3 is 0 Å². The third-order valence-electron chi connectivity index (χ3n) is 3.80. The summed E-state index contributed by atoms with van der Waals surface area (Å²) in [6, 6.07) is 8.31. The molecule has 1 aliphatic rings. The molecule has 3 rings (SSSR count). The van der Waals surface area contributed by atoms with Crippen molar-refractivity contribution in [2.24, 2.45) is 0 Å². The molecule has 2 aromatic rings. The Kier molecular flexibility index (Phi) is 3.88. The topological polar surface area (TPSA) is 56.1 Å². The summed E-state index contributed by atoms with van der Waals surface area (Å²) in [5, 5.41) is 12.6. The molecular formula is C15H21N5O. The minimum absolute atomic E-state index is 0.0657. The van der Waals surface area contributed by atoms with Crippen LogP contribution in [0.4, 0.5) is 0 Å². The second-order valence-corrected chi connectivity index (χ2v) is 5.78. The first-order chi connectivity index (χ1) is 10.1. The molecule has 0 spiro atoms.